The summed E-state index contributed by atoms with van der Waals surface area (Å²) in [4.78, 5) is 0. The molecule has 3 heteroatoms. The van der Waals surface area contributed by atoms with Gasteiger partial charge in [0.05, 0.1) is 11.0 Å². The summed E-state index contributed by atoms with van der Waals surface area (Å²) in [6.45, 7) is 0. The van der Waals surface area contributed by atoms with Crippen molar-refractivity contribution in [1.29, 1.82) is 0 Å². The summed E-state index contributed by atoms with van der Waals surface area (Å²) in [5.74, 6) is 1.83. The summed E-state index contributed by atoms with van der Waals surface area (Å²) in [5, 5.41) is 7.53. The predicted molar refractivity (Wildman–Crippen MR) is 182 cm³/mol. The Morgan fingerprint density at radius 1 is 0.465 bits per heavy atom. The Morgan fingerprint density at radius 3 is 2.19 bits per heavy atom. The van der Waals surface area contributed by atoms with E-state index in [0.717, 1.165) is 17.1 Å². The second-order valence-electron chi connectivity index (χ2n) is 11.3. The molecule has 0 saturated carbocycles. The van der Waals surface area contributed by atoms with E-state index in [1.807, 2.05) is 11.3 Å². The van der Waals surface area contributed by atoms with E-state index in [-0.39, 0.29) is 0 Å². The van der Waals surface area contributed by atoms with Crippen molar-refractivity contribution < 1.29 is 4.74 Å². The van der Waals surface area contributed by atoms with Gasteiger partial charge < -0.3 is 9.30 Å². The van der Waals surface area contributed by atoms with Gasteiger partial charge in [-0.15, -0.1) is 11.3 Å². The number of fused-ring (bicyclic) bond motifs is 8. The summed E-state index contributed by atoms with van der Waals surface area (Å²) in [7, 11) is 0. The van der Waals surface area contributed by atoms with Gasteiger partial charge >= 0.3 is 0 Å². The number of benzene rings is 7. The van der Waals surface area contributed by atoms with Gasteiger partial charge in [-0.25, -0.2) is 0 Å². The molecule has 43 heavy (non-hydrogen) atoms. The van der Waals surface area contributed by atoms with Crippen molar-refractivity contribution in [2.75, 3.05) is 0 Å². The molecule has 7 aromatic carbocycles. The third-order valence-electron chi connectivity index (χ3n) is 8.98. The lowest BCUT2D eigenvalue weighted by atomic mass is 9.92. The van der Waals surface area contributed by atoms with Crippen LogP contribution in [0.3, 0.4) is 0 Å². The van der Waals surface area contributed by atoms with E-state index < -0.39 is 0 Å². The van der Waals surface area contributed by atoms with Crippen LogP contribution in [0.25, 0.3) is 80.7 Å². The van der Waals surface area contributed by atoms with Crippen LogP contribution in [0.4, 0.5) is 0 Å². The normalized spacial score (nSPS) is 12.4. The van der Waals surface area contributed by atoms with E-state index in [2.05, 4.69) is 144 Å². The topological polar surface area (TPSA) is 14.2 Å². The maximum absolute atomic E-state index is 6.37. The summed E-state index contributed by atoms with van der Waals surface area (Å²) < 4.78 is 11.4. The Morgan fingerprint density at radius 2 is 1.23 bits per heavy atom. The molecule has 0 amide bonds. The minimum Gasteiger partial charge on any atom is -0.456 e. The zero-order valence-corrected chi connectivity index (χ0v) is 23.9. The number of thiophene rings is 1. The van der Waals surface area contributed by atoms with Gasteiger partial charge in [0.15, 0.2) is 0 Å². The zero-order valence-electron chi connectivity index (χ0n) is 23.0. The van der Waals surface area contributed by atoms with Gasteiger partial charge in [0.25, 0.3) is 0 Å². The lowest BCUT2D eigenvalue weighted by Gasteiger charge is -2.22. The van der Waals surface area contributed by atoms with Crippen LogP contribution < -0.4 is 4.74 Å². The van der Waals surface area contributed by atoms with Crippen LogP contribution >= 0.6 is 11.3 Å². The predicted octanol–water partition coefficient (Wildman–Crippen LogP) is 11.7. The maximum Gasteiger partial charge on any atom is 0.135 e. The molecule has 0 saturated heterocycles. The van der Waals surface area contributed by atoms with Gasteiger partial charge in [0.1, 0.15) is 11.5 Å². The first-order valence-corrected chi connectivity index (χ1v) is 15.4. The van der Waals surface area contributed by atoms with Gasteiger partial charge in [0, 0.05) is 47.6 Å². The second-order valence-corrected chi connectivity index (χ2v) is 12.4. The number of nitrogens with zero attached hydrogens (tertiary/aromatic N) is 1. The van der Waals surface area contributed by atoms with Crippen molar-refractivity contribution in [3.05, 3.63) is 140 Å². The van der Waals surface area contributed by atoms with Crippen molar-refractivity contribution >= 4 is 64.1 Å². The molecule has 0 aliphatic carbocycles. The number of hydrogen-bond donors (Lipinski definition) is 0. The molecule has 2 aromatic heterocycles. The zero-order chi connectivity index (χ0) is 28.1. The average molecular weight is 566 g/mol. The fraction of sp³-hybridized carbons (Fsp3) is 0. The number of aromatic nitrogens is 1. The molecule has 0 unspecified atom stereocenters. The highest BCUT2D eigenvalue weighted by atomic mass is 32.1. The van der Waals surface area contributed by atoms with Crippen molar-refractivity contribution in [2.45, 2.75) is 0 Å². The molecule has 0 N–H and O–H groups in total. The largest absolute Gasteiger partial charge is 0.456 e. The molecule has 2 nitrogen and oxygen atoms in total. The molecule has 0 spiro atoms. The van der Waals surface area contributed by atoms with Crippen molar-refractivity contribution in [1.82, 2.24) is 4.57 Å². The fourth-order valence-corrected chi connectivity index (χ4v) is 8.11. The molecule has 200 valence electrons. The molecule has 1 aliphatic heterocycles. The number of hydrogen-bond acceptors (Lipinski definition) is 2. The molecule has 1 aliphatic rings. The molecule has 0 bridgehead atoms. The molecule has 0 fully saturated rings. The van der Waals surface area contributed by atoms with Gasteiger partial charge in [-0.1, -0.05) is 78.9 Å². The van der Waals surface area contributed by atoms with Crippen LogP contribution in [-0.2, 0) is 0 Å². The van der Waals surface area contributed by atoms with Crippen LogP contribution in [0.2, 0.25) is 0 Å². The van der Waals surface area contributed by atoms with E-state index in [9.17, 15) is 0 Å². The minimum atomic E-state index is 0.906. The standard InChI is InChI=1S/C40H23NOS/c1-3-12-34-28(9-1)31-21-25(26-16-19-36-32(22-26)30-11-5-7-24-8-6-13-37(42-36)40(24)30)15-18-35(31)41(34)27-17-20-39-33(23-27)29-10-2-4-14-38(29)43-39/h1-23H. The highest BCUT2D eigenvalue weighted by Gasteiger charge is 2.21. The third-order valence-corrected chi connectivity index (χ3v) is 10.1. The molecular weight excluding hydrogens is 543 g/mol. The maximum atomic E-state index is 6.37. The number of rotatable bonds is 2. The minimum absolute atomic E-state index is 0.906. The van der Waals surface area contributed by atoms with Crippen LogP contribution in [0, 0.1) is 0 Å². The first-order valence-electron chi connectivity index (χ1n) is 14.6. The Labute approximate surface area is 251 Å². The molecular formula is C40H23NOS. The van der Waals surface area contributed by atoms with Gasteiger partial charge in [0.2, 0.25) is 0 Å². The first-order chi connectivity index (χ1) is 21.3. The van der Waals surface area contributed by atoms with Crippen molar-refractivity contribution in [3.63, 3.8) is 0 Å². The third kappa shape index (κ3) is 3.28. The van der Waals surface area contributed by atoms with E-state index in [1.165, 1.54) is 75.1 Å². The summed E-state index contributed by atoms with van der Waals surface area (Å²) in [6.07, 6.45) is 0. The second kappa shape index (κ2) is 8.57. The van der Waals surface area contributed by atoms with Crippen LogP contribution in [0.5, 0.6) is 11.5 Å². The Hall–Kier alpha value is -5.38. The van der Waals surface area contributed by atoms with E-state index in [1.54, 1.807) is 0 Å². The van der Waals surface area contributed by atoms with Crippen LogP contribution in [0.15, 0.2) is 140 Å². The summed E-state index contributed by atoms with van der Waals surface area (Å²) in [6, 6.07) is 50.6. The quantitative estimate of drug-likeness (QED) is 0.203. The smallest absolute Gasteiger partial charge is 0.135 e. The highest BCUT2D eigenvalue weighted by Crippen LogP contribution is 2.48. The number of para-hydroxylation sites is 1. The van der Waals surface area contributed by atoms with Gasteiger partial charge in [-0.05, 0) is 82.7 Å². The summed E-state index contributed by atoms with van der Waals surface area (Å²) >= 11 is 1.86. The van der Waals surface area contributed by atoms with Gasteiger partial charge in [-0.2, -0.15) is 0 Å². The first kappa shape index (κ1) is 23.2. The number of ether oxygens (including phenoxy) is 1. The van der Waals surface area contributed by atoms with E-state index >= 15 is 0 Å². The molecule has 10 rings (SSSR count). The fourth-order valence-electron chi connectivity index (χ4n) is 7.03. The van der Waals surface area contributed by atoms with Crippen LogP contribution in [-0.4, -0.2) is 4.57 Å². The highest BCUT2D eigenvalue weighted by molar-refractivity contribution is 7.25. The van der Waals surface area contributed by atoms with Crippen molar-refractivity contribution in [2.24, 2.45) is 0 Å². The molecule has 9 aromatic rings. The molecule has 0 radical (unpaired) electrons. The van der Waals surface area contributed by atoms with E-state index in [0.29, 0.717) is 0 Å². The molecule has 3 heterocycles. The SMILES string of the molecule is c1cc2c3c(cccc3c1)-c1cc(-c3ccc4c(c3)c3ccccc3n4-c3ccc4sc5ccccc5c4c3)ccc1O2. The summed E-state index contributed by atoms with van der Waals surface area (Å²) in [5.41, 5.74) is 8.37. The Kier molecular flexibility index (Phi) is 4.63. The monoisotopic (exact) mass is 565 g/mol. The van der Waals surface area contributed by atoms with E-state index in [4.69, 9.17) is 4.74 Å². The molecule has 0 atom stereocenters. The average Bonchev–Trinajstić information content (AvgIpc) is 3.60. The lowest BCUT2D eigenvalue weighted by Crippen LogP contribution is -1.97. The van der Waals surface area contributed by atoms with Crippen LogP contribution in [0.1, 0.15) is 0 Å². The lowest BCUT2D eigenvalue weighted by molar-refractivity contribution is 0.487. The Bertz CT molecular complexity index is 2600. The Balaban J connectivity index is 1.17. The van der Waals surface area contributed by atoms with Crippen molar-refractivity contribution in [3.8, 4) is 39.4 Å². The van der Waals surface area contributed by atoms with Gasteiger partial charge in [-0.3, -0.25) is 0 Å².